The molecule has 0 fully saturated rings. The highest BCUT2D eigenvalue weighted by Gasteiger charge is 2.20. The second kappa shape index (κ2) is 4.54. The number of hydrogen-bond donors (Lipinski definition) is 0. The third kappa shape index (κ3) is 1.54. The van der Waals surface area contributed by atoms with Gasteiger partial charge in [0.1, 0.15) is 11.2 Å². The second-order valence-corrected chi connectivity index (χ2v) is 7.57. The van der Waals surface area contributed by atoms with E-state index in [-0.39, 0.29) is 0 Å². The van der Waals surface area contributed by atoms with Crippen LogP contribution >= 0.6 is 11.6 Å². The molecule has 3 heteroatoms. The first-order valence-electron chi connectivity index (χ1n) is 8.99. The summed E-state index contributed by atoms with van der Waals surface area (Å²) in [5, 5.41) is 7.83. The minimum Gasteiger partial charge on any atom is -0.456 e. The van der Waals surface area contributed by atoms with Crippen molar-refractivity contribution in [3.63, 3.8) is 0 Å². The highest BCUT2D eigenvalue weighted by atomic mass is 35.5. The molecule has 0 unspecified atom stereocenters. The summed E-state index contributed by atoms with van der Waals surface area (Å²) in [5.41, 5.74) is 5.33. The quantitative estimate of drug-likeness (QED) is 0.274. The zero-order valence-electron chi connectivity index (χ0n) is 14.2. The summed E-state index contributed by atoms with van der Waals surface area (Å²) in [5.74, 6) is 0. The average Bonchev–Trinajstić information content (AvgIpc) is 3.18. The molecule has 126 valence electrons. The van der Waals surface area contributed by atoms with Gasteiger partial charge in [0.25, 0.3) is 0 Å². The van der Waals surface area contributed by atoms with E-state index in [9.17, 15) is 0 Å². The second-order valence-electron chi connectivity index (χ2n) is 7.13. The Morgan fingerprint density at radius 2 is 1.37 bits per heavy atom. The van der Waals surface area contributed by atoms with Gasteiger partial charge >= 0.3 is 0 Å². The Morgan fingerprint density at radius 3 is 2.30 bits per heavy atom. The number of benzene rings is 4. The standard InChI is InChI=1S/C24H12ClNO/c25-13-11-17-16-7-3-6-15-14-5-1-2-8-18(14)26(24(15)16)19-9-4-10-20-23(19)22(17)21(12-13)27-20/h1-12H. The normalized spacial score (nSPS) is 12.6. The van der Waals surface area contributed by atoms with Crippen molar-refractivity contribution >= 4 is 71.6 Å². The van der Waals surface area contributed by atoms with E-state index in [1.54, 1.807) is 0 Å². The lowest BCUT2D eigenvalue weighted by Gasteiger charge is -2.01. The summed E-state index contributed by atoms with van der Waals surface area (Å²) in [4.78, 5) is 0. The smallest absolute Gasteiger partial charge is 0.137 e. The molecule has 2 nitrogen and oxygen atoms in total. The number of hydrogen-bond acceptors (Lipinski definition) is 1. The van der Waals surface area contributed by atoms with Crippen LogP contribution in [0.4, 0.5) is 0 Å². The monoisotopic (exact) mass is 365 g/mol. The van der Waals surface area contributed by atoms with Crippen LogP contribution in [0, 0.1) is 0 Å². The summed E-state index contributed by atoms with van der Waals surface area (Å²) >= 11 is 6.48. The zero-order valence-corrected chi connectivity index (χ0v) is 14.9. The summed E-state index contributed by atoms with van der Waals surface area (Å²) in [6.45, 7) is 0. The maximum atomic E-state index is 6.48. The van der Waals surface area contributed by atoms with Crippen molar-refractivity contribution in [3.8, 4) is 0 Å². The van der Waals surface area contributed by atoms with Crippen LogP contribution < -0.4 is 0 Å². The fourth-order valence-corrected chi connectivity index (χ4v) is 4.99. The molecular weight excluding hydrogens is 354 g/mol. The van der Waals surface area contributed by atoms with Crippen LogP contribution in [-0.2, 0) is 0 Å². The number of para-hydroxylation sites is 2. The third-order valence-corrected chi connectivity index (χ3v) is 5.99. The van der Waals surface area contributed by atoms with E-state index in [2.05, 4.69) is 65.1 Å². The first-order valence-corrected chi connectivity index (χ1v) is 9.37. The Labute approximate surface area is 158 Å². The van der Waals surface area contributed by atoms with Gasteiger partial charge in [-0.3, -0.25) is 0 Å². The van der Waals surface area contributed by atoms with Gasteiger partial charge < -0.3 is 8.82 Å². The number of nitrogens with zero attached hydrogens (tertiary/aromatic N) is 1. The Morgan fingerprint density at radius 1 is 0.630 bits per heavy atom. The molecule has 4 aromatic carbocycles. The number of furan rings is 1. The molecule has 3 heterocycles. The van der Waals surface area contributed by atoms with E-state index < -0.39 is 0 Å². The van der Waals surface area contributed by atoms with Gasteiger partial charge in [-0.25, -0.2) is 0 Å². The van der Waals surface area contributed by atoms with Gasteiger partial charge in [-0.15, -0.1) is 0 Å². The Hall–Kier alpha value is -3.23. The van der Waals surface area contributed by atoms with Crippen LogP contribution in [0.25, 0.3) is 60.0 Å². The summed E-state index contributed by atoms with van der Waals surface area (Å²) in [7, 11) is 0. The molecule has 3 aromatic heterocycles. The lowest BCUT2D eigenvalue weighted by Crippen LogP contribution is -1.84. The highest BCUT2D eigenvalue weighted by molar-refractivity contribution is 6.35. The minimum atomic E-state index is 0.694. The van der Waals surface area contributed by atoms with Crippen LogP contribution in [0.1, 0.15) is 0 Å². The summed E-state index contributed by atoms with van der Waals surface area (Å²) in [6, 6.07) is 25.4. The van der Waals surface area contributed by atoms with Gasteiger partial charge in [-0.1, -0.05) is 54.1 Å². The molecule has 7 aromatic rings. The maximum absolute atomic E-state index is 6.48. The Bertz CT molecular complexity index is 1690. The van der Waals surface area contributed by atoms with Crippen LogP contribution in [0.5, 0.6) is 0 Å². The molecule has 0 saturated carbocycles. The van der Waals surface area contributed by atoms with Crippen molar-refractivity contribution < 1.29 is 4.42 Å². The van der Waals surface area contributed by atoms with Crippen molar-refractivity contribution in [2.75, 3.05) is 0 Å². The van der Waals surface area contributed by atoms with E-state index in [1.165, 1.54) is 27.2 Å². The summed E-state index contributed by atoms with van der Waals surface area (Å²) in [6.07, 6.45) is 0. The molecular formula is C24H12ClNO. The van der Waals surface area contributed by atoms with Gasteiger partial charge in [0.05, 0.1) is 21.9 Å². The molecule has 0 amide bonds. The fraction of sp³-hybridized carbons (Fsp3) is 0. The average molecular weight is 366 g/mol. The number of fused-ring (bicyclic) bond motifs is 5. The number of halogens is 1. The van der Waals surface area contributed by atoms with Crippen molar-refractivity contribution in [2.24, 2.45) is 0 Å². The van der Waals surface area contributed by atoms with Crippen LogP contribution in [0.3, 0.4) is 0 Å². The molecule has 7 rings (SSSR count). The van der Waals surface area contributed by atoms with E-state index >= 15 is 0 Å². The van der Waals surface area contributed by atoms with Crippen molar-refractivity contribution in [1.29, 1.82) is 0 Å². The molecule has 0 spiro atoms. The lowest BCUT2D eigenvalue weighted by molar-refractivity contribution is 0.669. The van der Waals surface area contributed by atoms with Gasteiger partial charge in [-0.2, -0.15) is 0 Å². The van der Waals surface area contributed by atoms with E-state index in [4.69, 9.17) is 16.0 Å². The van der Waals surface area contributed by atoms with Crippen molar-refractivity contribution in [3.05, 3.63) is 77.8 Å². The van der Waals surface area contributed by atoms with Gasteiger partial charge in [0.2, 0.25) is 0 Å². The molecule has 0 aliphatic heterocycles. The largest absolute Gasteiger partial charge is 0.456 e. The molecule has 0 aliphatic rings. The topological polar surface area (TPSA) is 17.6 Å². The van der Waals surface area contributed by atoms with Crippen LogP contribution in [0.2, 0.25) is 5.02 Å². The summed E-state index contributed by atoms with van der Waals surface area (Å²) < 4.78 is 8.57. The first-order chi connectivity index (χ1) is 13.3. The third-order valence-electron chi connectivity index (χ3n) is 5.77. The van der Waals surface area contributed by atoms with E-state index in [1.807, 2.05) is 12.1 Å². The molecule has 0 atom stereocenters. The lowest BCUT2D eigenvalue weighted by atomic mass is 10.0. The van der Waals surface area contributed by atoms with Gasteiger partial charge in [-0.05, 0) is 29.7 Å². The maximum Gasteiger partial charge on any atom is 0.137 e. The van der Waals surface area contributed by atoms with E-state index in [0.29, 0.717) is 5.02 Å². The molecule has 27 heavy (non-hydrogen) atoms. The van der Waals surface area contributed by atoms with Crippen LogP contribution in [-0.4, -0.2) is 4.40 Å². The molecule has 0 aliphatic carbocycles. The number of rotatable bonds is 0. The fourth-order valence-electron chi connectivity index (χ4n) is 4.78. The van der Waals surface area contributed by atoms with Crippen molar-refractivity contribution in [1.82, 2.24) is 4.40 Å². The molecule has 0 bridgehead atoms. The highest BCUT2D eigenvalue weighted by Crippen LogP contribution is 2.43. The predicted molar refractivity (Wildman–Crippen MR) is 113 cm³/mol. The number of aromatic nitrogens is 1. The SMILES string of the molecule is Clc1cc2oc3cccc4c3c2c(c1)c1cccc2c3ccccc3n4c12. The van der Waals surface area contributed by atoms with Crippen LogP contribution in [0.15, 0.2) is 77.2 Å². The predicted octanol–water partition coefficient (Wildman–Crippen LogP) is 7.39. The van der Waals surface area contributed by atoms with Gasteiger partial charge in [0, 0.05) is 32.6 Å². The zero-order chi connectivity index (χ0) is 17.7. The van der Waals surface area contributed by atoms with Crippen molar-refractivity contribution in [2.45, 2.75) is 0 Å². The first kappa shape index (κ1) is 13.9. The molecule has 0 radical (unpaired) electrons. The van der Waals surface area contributed by atoms with Gasteiger partial charge in [0.15, 0.2) is 0 Å². The molecule has 0 saturated heterocycles. The Kier molecular flexibility index (Phi) is 2.34. The minimum absolute atomic E-state index is 0.694. The van der Waals surface area contributed by atoms with E-state index in [0.717, 1.165) is 32.8 Å². The molecule has 0 N–H and O–H groups in total. The Balaban J connectivity index is 2.05.